The van der Waals surface area contributed by atoms with Crippen LogP contribution in [0.2, 0.25) is 0 Å². The van der Waals surface area contributed by atoms with Crippen LogP contribution in [0.4, 0.5) is 0 Å². The van der Waals surface area contributed by atoms with Crippen LogP contribution in [0.1, 0.15) is 5.76 Å². The molecule has 1 N–H and O–H groups in total. The van der Waals surface area contributed by atoms with Gasteiger partial charge in [0.25, 0.3) is 0 Å². The van der Waals surface area contributed by atoms with Gasteiger partial charge in [-0.25, -0.2) is 5.10 Å². The lowest BCUT2D eigenvalue weighted by Crippen LogP contribution is -1.96. The minimum Gasteiger partial charge on any atom is -0.493 e. The molecule has 0 aliphatic rings. The summed E-state index contributed by atoms with van der Waals surface area (Å²) in [5, 5.41) is 11.3. The Balaban J connectivity index is 2.03. The molecule has 8 heteroatoms. The van der Waals surface area contributed by atoms with E-state index >= 15 is 0 Å². The monoisotopic (exact) mass is 330 g/mol. The van der Waals surface area contributed by atoms with Crippen molar-refractivity contribution >= 4 is 18.4 Å². The van der Waals surface area contributed by atoms with Crippen molar-refractivity contribution in [1.82, 2.24) is 14.9 Å². The van der Waals surface area contributed by atoms with Gasteiger partial charge in [-0.2, -0.15) is 14.9 Å². The van der Waals surface area contributed by atoms with Crippen LogP contribution in [0, 0.1) is 4.77 Å². The molecule has 0 unspecified atom stereocenters. The fourth-order valence-corrected chi connectivity index (χ4v) is 2.22. The summed E-state index contributed by atoms with van der Waals surface area (Å²) >= 11 is 5.22. The smallest absolute Gasteiger partial charge is 0.216 e. The highest BCUT2D eigenvalue weighted by Gasteiger charge is 2.12. The van der Waals surface area contributed by atoms with Crippen LogP contribution in [0.25, 0.3) is 11.4 Å². The van der Waals surface area contributed by atoms with Gasteiger partial charge in [0, 0.05) is 5.56 Å². The Bertz CT molecular complexity index is 881. The molecule has 0 saturated heterocycles. The molecule has 3 rings (SSSR count). The third-order valence-corrected chi connectivity index (χ3v) is 3.40. The zero-order valence-electron chi connectivity index (χ0n) is 12.5. The molecule has 0 aliphatic carbocycles. The van der Waals surface area contributed by atoms with E-state index in [1.165, 1.54) is 4.68 Å². The van der Waals surface area contributed by atoms with Crippen molar-refractivity contribution in [3.8, 4) is 22.9 Å². The van der Waals surface area contributed by atoms with Crippen molar-refractivity contribution < 1.29 is 13.9 Å². The van der Waals surface area contributed by atoms with Gasteiger partial charge < -0.3 is 13.9 Å². The molecule has 2 heterocycles. The minimum absolute atomic E-state index is 0.373. The third-order valence-electron chi connectivity index (χ3n) is 3.14. The zero-order valence-corrected chi connectivity index (χ0v) is 13.3. The molecule has 1 aromatic carbocycles. The van der Waals surface area contributed by atoms with Crippen LogP contribution >= 0.6 is 12.2 Å². The number of benzene rings is 1. The van der Waals surface area contributed by atoms with Crippen LogP contribution in [-0.4, -0.2) is 35.3 Å². The predicted octanol–water partition coefficient (Wildman–Crippen LogP) is 3.10. The first-order valence-corrected chi connectivity index (χ1v) is 7.11. The molecule has 23 heavy (non-hydrogen) atoms. The molecule has 2 aromatic heterocycles. The summed E-state index contributed by atoms with van der Waals surface area (Å²) < 4.78 is 17.7. The van der Waals surface area contributed by atoms with E-state index in [9.17, 15) is 0 Å². The van der Waals surface area contributed by atoms with Gasteiger partial charge in [0.05, 0.1) is 26.7 Å². The maximum Gasteiger partial charge on any atom is 0.216 e. The summed E-state index contributed by atoms with van der Waals surface area (Å²) in [7, 11) is 3.16. The summed E-state index contributed by atoms with van der Waals surface area (Å²) in [5.41, 5.74) is 0.784. The van der Waals surface area contributed by atoms with Crippen LogP contribution in [-0.2, 0) is 0 Å². The summed E-state index contributed by atoms with van der Waals surface area (Å²) in [4.78, 5) is 0. The van der Waals surface area contributed by atoms with Gasteiger partial charge in [-0.05, 0) is 42.5 Å². The predicted molar refractivity (Wildman–Crippen MR) is 87.7 cm³/mol. The number of furan rings is 1. The standard InChI is InChI=1S/C15H14N4O3S/c1-20-12-6-5-10(8-13(12)21-2)14-17-18-15(23)19(14)16-9-11-4-3-7-22-11/h3-9H,1-2H3,(H,18,23). The Hall–Kier alpha value is -2.87. The SMILES string of the molecule is COc1ccc(-c2n[nH]c(=S)n2N=Cc2ccco2)cc1OC. The van der Waals surface area contributed by atoms with Gasteiger partial charge >= 0.3 is 0 Å². The molecule has 7 nitrogen and oxygen atoms in total. The molecular weight excluding hydrogens is 316 g/mol. The molecule has 0 saturated carbocycles. The zero-order chi connectivity index (χ0) is 16.2. The first kappa shape index (κ1) is 15.0. The number of nitrogens with one attached hydrogen (secondary N) is 1. The minimum atomic E-state index is 0.373. The van der Waals surface area contributed by atoms with Gasteiger partial charge in [-0.15, -0.1) is 0 Å². The van der Waals surface area contributed by atoms with E-state index in [1.54, 1.807) is 44.9 Å². The number of hydrogen-bond acceptors (Lipinski definition) is 6. The third kappa shape index (κ3) is 3.02. The van der Waals surface area contributed by atoms with Crippen LogP contribution in [0.3, 0.4) is 0 Å². The number of nitrogens with zero attached hydrogens (tertiary/aromatic N) is 3. The van der Waals surface area contributed by atoms with E-state index in [-0.39, 0.29) is 0 Å². The quantitative estimate of drug-likeness (QED) is 0.574. The Morgan fingerprint density at radius 1 is 1.26 bits per heavy atom. The second-order valence-corrected chi connectivity index (χ2v) is 4.88. The van der Waals surface area contributed by atoms with Crippen molar-refractivity contribution in [3.05, 3.63) is 47.1 Å². The largest absolute Gasteiger partial charge is 0.493 e. The lowest BCUT2D eigenvalue weighted by Gasteiger charge is -2.08. The van der Waals surface area contributed by atoms with Crippen molar-refractivity contribution in [2.45, 2.75) is 0 Å². The molecule has 0 atom stereocenters. The molecule has 0 spiro atoms. The van der Waals surface area contributed by atoms with E-state index in [1.807, 2.05) is 12.1 Å². The molecule has 118 valence electrons. The molecule has 0 bridgehead atoms. The van der Waals surface area contributed by atoms with Gasteiger partial charge in [-0.1, -0.05) is 0 Å². The number of aromatic nitrogens is 3. The van der Waals surface area contributed by atoms with Gasteiger partial charge in [-0.3, -0.25) is 0 Å². The molecule has 0 amide bonds. The van der Waals surface area contributed by atoms with Gasteiger partial charge in [0.15, 0.2) is 17.3 Å². The fraction of sp³-hybridized carbons (Fsp3) is 0.133. The van der Waals surface area contributed by atoms with Crippen LogP contribution in [0.5, 0.6) is 11.5 Å². The van der Waals surface area contributed by atoms with E-state index in [0.29, 0.717) is 27.9 Å². The lowest BCUT2D eigenvalue weighted by molar-refractivity contribution is 0.355. The summed E-state index contributed by atoms with van der Waals surface area (Å²) in [6.45, 7) is 0. The molecule has 3 aromatic rings. The van der Waals surface area contributed by atoms with Crippen LogP contribution < -0.4 is 9.47 Å². The number of methoxy groups -OCH3 is 2. The highest BCUT2D eigenvalue weighted by molar-refractivity contribution is 7.71. The highest BCUT2D eigenvalue weighted by Crippen LogP contribution is 2.31. The number of ether oxygens (including phenoxy) is 2. The molecular formula is C15H14N4O3S. The van der Waals surface area contributed by atoms with Crippen molar-refractivity contribution in [1.29, 1.82) is 0 Å². The average Bonchev–Trinajstić information content (AvgIpc) is 3.22. The maximum absolute atomic E-state index is 5.31. The Labute approximate surface area is 137 Å². The van der Waals surface area contributed by atoms with E-state index in [0.717, 1.165) is 5.56 Å². The maximum atomic E-state index is 5.31. The lowest BCUT2D eigenvalue weighted by atomic mass is 10.2. The number of rotatable bonds is 5. The Morgan fingerprint density at radius 3 is 2.78 bits per heavy atom. The molecule has 0 radical (unpaired) electrons. The van der Waals surface area contributed by atoms with E-state index in [2.05, 4.69) is 15.3 Å². The first-order valence-electron chi connectivity index (χ1n) is 6.70. The van der Waals surface area contributed by atoms with E-state index in [4.69, 9.17) is 26.1 Å². The number of H-pyrrole nitrogens is 1. The Kier molecular flexibility index (Phi) is 4.24. The van der Waals surface area contributed by atoms with Crippen molar-refractivity contribution in [3.63, 3.8) is 0 Å². The van der Waals surface area contributed by atoms with Gasteiger partial charge in [0.2, 0.25) is 4.77 Å². The second-order valence-electron chi connectivity index (χ2n) is 4.49. The molecule has 0 fully saturated rings. The van der Waals surface area contributed by atoms with Crippen molar-refractivity contribution in [2.24, 2.45) is 5.10 Å². The normalized spacial score (nSPS) is 11.0. The summed E-state index contributed by atoms with van der Waals surface area (Å²) in [5.74, 6) is 2.40. The van der Waals surface area contributed by atoms with E-state index < -0.39 is 0 Å². The fourth-order valence-electron chi connectivity index (χ4n) is 2.04. The van der Waals surface area contributed by atoms with Crippen LogP contribution in [0.15, 0.2) is 46.1 Å². The molecule has 0 aliphatic heterocycles. The van der Waals surface area contributed by atoms with Gasteiger partial charge in [0.1, 0.15) is 5.76 Å². The number of aromatic amines is 1. The number of hydrogen-bond donors (Lipinski definition) is 1. The highest BCUT2D eigenvalue weighted by atomic mass is 32.1. The first-order chi connectivity index (χ1) is 11.2. The summed E-state index contributed by atoms with van der Waals surface area (Å²) in [6, 6.07) is 9.04. The van der Waals surface area contributed by atoms with Crippen molar-refractivity contribution in [2.75, 3.05) is 14.2 Å². The average molecular weight is 330 g/mol. The Morgan fingerprint density at radius 2 is 2.09 bits per heavy atom. The second kappa shape index (κ2) is 6.49. The topological polar surface area (TPSA) is 77.6 Å². The summed E-state index contributed by atoms with van der Waals surface area (Å²) in [6.07, 6.45) is 3.14.